The standard InChI is InChI=1S/C12H15BrClF/c1-3-12(2,8-13)7-9-6-10(15)4-5-11(9)14/h4-6H,3,7-8H2,1-2H3. The van der Waals surface area contributed by atoms with Crippen molar-refractivity contribution in [1.29, 1.82) is 0 Å². The van der Waals surface area contributed by atoms with Crippen molar-refractivity contribution in [2.45, 2.75) is 26.7 Å². The number of alkyl halides is 1. The van der Waals surface area contributed by atoms with Crippen LogP contribution in [0.3, 0.4) is 0 Å². The maximum atomic E-state index is 13.1. The van der Waals surface area contributed by atoms with Crippen LogP contribution in [0.15, 0.2) is 18.2 Å². The second kappa shape index (κ2) is 5.31. The number of hydrogen-bond acceptors (Lipinski definition) is 0. The molecular formula is C12H15BrClF. The fourth-order valence-corrected chi connectivity index (χ4v) is 2.18. The molecule has 0 aliphatic heterocycles. The van der Waals surface area contributed by atoms with Crippen molar-refractivity contribution >= 4 is 27.5 Å². The lowest BCUT2D eigenvalue weighted by Crippen LogP contribution is -2.20. The Labute approximate surface area is 104 Å². The van der Waals surface area contributed by atoms with Crippen molar-refractivity contribution in [3.05, 3.63) is 34.6 Å². The van der Waals surface area contributed by atoms with Crippen molar-refractivity contribution in [2.24, 2.45) is 5.41 Å². The van der Waals surface area contributed by atoms with Crippen LogP contribution in [0.5, 0.6) is 0 Å². The minimum absolute atomic E-state index is 0.136. The van der Waals surface area contributed by atoms with Gasteiger partial charge in [0.15, 0.2) is 0 Å². The Morgan fingerprint density at radius 1 is 1.47 bits per heavy atom. The van der Waals surface area contributed by atoms with Crippen LogP contribution in [-0.4, -0.2) is 5.33 Å². The molecule has 0 radical (unpaired) electrons. The van der Waals surface area contributed by atoms with Gasteiger partial charge < -0.3 is 0 Å². The summed E-state index contributed by atoms with van der Waals surface area (Å²) in [7, 11) is 0. The molecule has 1 aromatic rings. The summed E-state index contributed by atoms with van der Waals surface area (Å²) in [6, 6.07) is 4.54. The fourth-order valence-electron chi connectivity index (χ4n) is 1.41. The van der Waals surface area contributed by atoms with E-state index >= 15 is 0 Å². The highest BCUT2D eigenvalue weighted by Gasteiger charge is 2.22. The smallest absolute Gasteiger partial charge is 0.123 e. The Bertz CT molecular complexity index is 334. The lowest BCUT2D eigenvalue weighted by Gasteiger charge is -2.26. The van der Waals surface area contributed by atoms with E-state index in [-0.39, 0.29) is 11.2 Å². The number of rotatable bonds is 4. The Kier molecular flexibility index (Phi) is 4.60. The van der Waals surface area contributed by atoms with E-state index in [4.69, 9.17) is 11.6 Å². The van der Waals surface area contributed by atoms with Crippen LogP contribution >= 0.6 is 27.5 Å². The largest absolute Gasteiger partial charge is 0.207 e. The van der Waals surface area contributed by atoms with Gasteiger partial charge in [-0.3, -0.25) is 0 Å². The summed E-state index contributed by atoms with van der Waals surface area (Å²) in [4.78, 5) is 0. The first-order chi connectivity index (χ1) is 7.00. The molecule has 3 heteroatoms. The van der Waals surface area contributed by atoms with E-state index in [2.05, 4.69) is 29.8 Å². The highest BCUT2D eigenvalue weighted by molar-refractivity contribution is 9.09. The van der Waals surface area contributed by atoms with Crippen LogP contribution in [0.25, 0.3) is 0 Å². The molecule has 0 fully saturated rings. The number of hydrogen-bond donors (Lipinski definition) is 0. The summed E-state index contributed by atoms with van der Waals surface area (Å²) in [6.07, 6.45) is 1.83. The van der Waals surface area contributed by atoms with Gasteiger partial charge in [-0.05, 0) is 42.0 Å². The number of benzene rings is 1. The average molecular weight is 294 g/mol. The van der Waals surface area contributed by atoms with Gasteiger partial charge in [0.2, 0.25) is 0 Å². The highest BCUT2D eigenvalue weighted by Crippen LogP contribution is 2.31. The average Bonchev–Trinajstić information content (AvgIpc) is 2.23. The summed E-state index contributed by atoms with van der Waals surface area (Å²) in [6.45, 7) is 4.30. The maximum Gasteiger partial charge on any atom is 0.123 e. The van der Waals surface area contributed by atoms with Gasteiger partial charge in [0.1, 0.15) is 5.82 Å². The van der Waals surface area contributed by atoms with E-state index in [1.54, 1.807) is 6.07 Å². The van der Waals surface area contributed by atoms with Gasteiger partial charge in [-0.1, -0.05) is 41.4 Å². The molecule has 0 N–H and O–H groups in total. The van der Waals surface area contributed by atoms with Gasteiger partial charge in [0, 0.05) is 10.4 Å². The summed E-state index contributed by atoms with van der Waals surface area (Å²) < 4.78 is 13.1. The molecular weight excluding hydrogens is 278 g/mol. The minimum atomic E-state index is -0.220. The summed E-state index contributed by atoms with van der Waals surface area (Å²) in [5, 5.41) is 1.54. The zero-order chi connectivity index (χ0) is 11.5. The molecule has 0 nitrogen and oxygen atoms in total. The summed E-state index contributed by atoms with van der Waals surface area (Å²) in [5.74, 6) is -0.220. The Morgan fingerprint density at radius 2 is 2.13 bits per heavy atom. The molecule has 0 saturated heterocycles. The van der Waals surface area contributed by atoms with Gasteiger partial charge in [0.05, 0.1) is 0 Å². The third kappa shape index (κ3) is 3.46. The van der Waals surface area contributed by atoms with Crippen LogP contribution in [0.2, 0.25) is 5.02 Å². The molecule has 0 aromatic heterocycles. The third-order valence-corrected chi connectivity index (χ3v) is 4.52. The zero-order valence-corrected chi connectivity index (χ0v) is 11.3. The molecule has 0 amide bonds. The molecule has 0 aliphatic carbocycles. The number of halogens is 3. The summed E-state index contributed by atoms with van der Waals surface area (Å²) in [5.41, 5.74) is 1.03. The molecule has 84 valence electrons. The maximum absolute atomic E-state index is 13.1. The first-order valence-electron chi connectivity index (χ1n) is 5.00. The molecule has 1 aromatic carbocycles. The molecule has 0 saturated carbocycles. The fraction of sp³-hybridized carbons (Fsp3) is 0.500. The topological polar surface area (TPSA) is 0 Å². The second-order valence-electron chi connectivity index (χ2n) is 4.21. The highest BCUT2D eigenvalue weighted by atomic mass is 79.9. The first-order valence-corrected chi connectivity index (χ1v) is 6.50. The zero-order valence-electron chi connectivity index (χ0n) is 8.99. The van der Waals surface area contributed by atoms with Crippen LogP contribution in [0, 0.1) is 11.2 Å². The van der Waals surface area contributed by atoms with Crippen molar-refractivity contribution in [3.8, 4) is 0 Å². The summed E-state index contributed by atoms with van der Waals surface area (Å²) >= 11 is 9.53. The predicted octanol–water partition coefficient (Wildman–Crippen LogP) is 4.83. The van der Waals surface area contributed by atoms with Gasteiger partial charge in [-0.15, -0.1) is 0 Å². The molecule has 15 heavy (non-hydrogen) atoms. The van der Waals surface area contributed by atoms with Crippen LogP contribution in [-0.2, 0) is 6.42 Å². The second-order valence-corrected chi connectivity index (χ2v) is 5.18. The third-order valence-electron chi connectivity index (χ3n) is 2.80. The SMILES string of the molecule is CCC(C)(CBr)Cc1cc(F)ccc1Cl. The van der Waals surface area contributed by atoms with Crippen molar-refractivity contribution in [3.63, 3.8) is 0 Å². The van der Waals surface area contributed by atoms with Crippen molar-refractivity contribution < 1.29 is 4.39 Å². The lowest BCUT2D eigenvalue weighted by atomic mass is 9.83. The molecule has 0 spiro atoms. The molecule has 1 unspecified atom stereocenters. The molecule has 0 heterocycles. The van der Waals surface area contributed by atoms with E-state index in [0.29, 0.717) is 5.02 Å². The van der Waals surface area contributed by atoms with E-state index < -0.39 is 0 Å². The quantitative estimate of drug-likeness (QED) is 0.697. The molecule has 1 rings (SSSR count). The minimum Gasteiger partial charge on any atom is -0.207 e. The predicted molar refractivity (Wildman–Crippen MR) is 67.3 cm³/mol. The van der Waals surface area contributed by atoms with Gasteiger partial charge in [-0.2, -0.15) is 0 Å². The van der Waals surface area contributed by atoms with E-state index in [1.807, 2.05) is 0 Å². The molecule has 0 bridgehead atoms. The van der Waals surface area contributed by atoms with Crippen LogP contribution in [0.4, 0.5) is 4.39 Å². The Hall–Kier alpha value is -0.0800. The van der Waals surface area contributed by atoms with Crippen LogP contribution in [0.1, 0.15) is 25.8 Å². The van der Waals surface area contributed by atoms with Crippen LogP contribution < -0.4 is 0 Å². The monoisotopic (exact) mass is 292 g/mol. The van der Waals surface area contributed by atoms with E-state index in [0.717, 1.165) is 23.7 Å². The normalized spacial score (nSPS) is 15.0. The van der Waals surface area contributed by atoms with Crippen molar-refractivity contribution in [1.82, 2.24) is 0 Å². The first kappa shape index (κ1) is 13.0. The van der Waals surface area contributed by atoms with Crippen molar-refractivity contribution in [2.75, 3.05) is 5.33 Å². The van der Waals surface area contributed by atoms with E-state index in [9.17, 15) is 4.39 Å². The Morgan fingerprint density at radius 3 is 2.67 bits per heavy atom. The lowest BCUT2D eigenvalue weighted by molar-refractivity contribution is 0.361. The Balaban J connectivity index is 2.92. The van der Waals surface area contributed by atoms with E-state index in [1.165, 1.54) is 12.1 Å². The molecule has 0 aliphatic rings. The van der Waals surface area contributed by atoms with Gasteiger partial charge >= 0.3 is 0 Å². The van der Waals surface area contributed by atoms with Gasteiger partial charge in [-0.25, -0.2) is 4.39 Å². The van der Waals surface area contributed by atoms with Gasteiger partial charge in [0.25, 0.3) is 0 Å². The molecule has 1 atom stereocenters.